The third-order valence-electron chi connectivity index (χ3n) is 3.78. The van der Waals surface area contributed by atoms with Gasteiger partial charge in [-0.15, -0.1) is 24.8 Å². The molecule has 2 aliphatic heterocycles. The van der Waals surface area contributed by atoms with E-state index >= 15 is 0 Å². The fraction of sp³-hybridized carbons (Fsp3) is 1.00. The minimum absolute atomic E-state index is 0. The van der Waals surface area contributed by atoms with Crippen molar-refractivity contribution in [1.29, 1.82) is 0 Å². The summed E-state index contributed by atoms with van der Waals surface area (Å²) < 4.78 is 5.40. The summed E-state index contributed by atoms with van der Waals surface area (Å²) in [6, 6.07) is 0.765. The topological polar surface area (TPSA) is 24.5 Å². The van der Waals surface area contributed by atoms with Gasteiger partial charge < -0.3 is 15.0 Å². The van der Waals surface area contributed by atoms with E-state index in [2.05, 4.69) is 17.3 Å². The Morgan fingerprint density at radius 1 is 1.18 bits per heavy atom. The predicted octanol–water partition coefficient (Wildman–Crippen LogP) is 1.94. The van der Waals surface area contributed by atoms with Crippen LogP contribution in [0.1, 0.15) is 25.7 Å². The molecule has 2 rings (SSSR count). The lowest BCUT2D eigenvalue weighted by molar-refractivity contribution is 0.0484. The van der Waals surface area contributed by atoms with E-state index in [1.165, 1.54) is 45.3 Å². The van der Waals surface area contributed by atoms with E-state index < -0.39 is 0 Å². The van der Waals surface area contributed by atoms with Crippen molar-refractivity contribution in [2.24, 2.45) is 5.92 Å². The highest BCUT2D eigenvalue weighted by Crippen LogP contribution is 2.18. The quantitative estimate of drug-likeness (QED) is 0.857. The molecule has 2 fully saturated rings. The zero-order valence-electron chi connectivity index (χ0n) is 10.7. The van der Waals surface area contributed by atoms with E-state index in [4.69, 9.17) is 4.74 Å². The molecule has 2 aliphatic rings. The molecule has 0 saturated carbocycles. The first-order valence-electron chi connectivity index (χ1n) is 6.35. The highest BCUT2D eigenvalue weighted by atomic mass is 35.5. The number of nitrogens with one attached hydrogen (secondary N) is 1. The molecule has 1 unspecified atom stereocenters. The van der Waals surface area contributed by atoms with Crippen LogP contribution < -0.4 is 5.32 Å². The Bertz CT molecular complexity index is 183. The number of rotatable bonds is 3. The molecule has 0 aliphatic carbocycles. The van der Waals surface area contributed by atoms with Gasteiger partial charge in [-0.2, -0.15) is 0 Å². The van der Waals surface area contributed by atoms with Crippen molar-refractivity contribution in [3.8, 4) is 0 Å². The van der Waals surface area contributed by atoms with Gasteiger partial charge in [-0.3, -0.25) is 0 Å². The van der Waals surface area contributed by atoms with Crippen LogP contribution in [-0.4, -0.2) is 50.8 Å². The van der Waals surface area contributed by atoms with Gasteiger partial charge in [0.15, 0.2) is 0 Å². The van der Waals surface area contributed by atoms with Crippen molar-refractivity contribution >= 4 is 24.8 Å². The van der Waals surface area contributed by atoms with Crippen molar-refractivity contribution in [3.05, 3.63) is 0 Å². The second kappa shape index (κ2) is 9.40. The summed E-state index contributed by atoms with van der Waals surface area (Å²) in [5.74, 6) is 0.866. The smallest absolute Gasteiger partial charge is 0.0469 e. The van der Waals surface area contributed by atoms with Gasteiger partial charge in [-0.05, 0) is 45.2 Å². The van der Waals surface area contributed by atoms with Crippen molar-refractivity contribution in [1.82, 2.24) is 10.2 Å². The van der Waals surface area contributed by atoms with Gasteiger partial charge in [0, 0.05) is 32.3 Å². The normalized spacial score (nSPS) is 26.1. The van der Waals surface area contributed by atoms with Gasteiger partial charge in [0.2, 0.25) is 0 Å². The van der Waals surface area contributed by atoms with Gasteiger partial charge in [0.25, 0.3) is 0 Å². The molecule has 104 valence electrons. The van der Waals surface area contributed by atoms with Crippen molar-refractivity contribution in [2.45, 2.75) is 31.7 Å². The van der Waals surface area contributed by atoms with Crippen LogP contribution in [0.4, 0.5) is 0 Å². The molecule has 1 atom stereocenters. The first-order valence-corrected chi connectivity index (χ1v) is 6.35. The highest BCUT2D eigenvalue weighted by Gasteiger charge is 2.21. The molecule has 17 heavy (non-hydrogen) atoms. The number of hydrogen-bond donors (Lipinski definition) is 1. The van der Waals surface area contributed by atoms with Gasteiger partial charge in [-0.1, -0.05) is 0 Å². The fourth-order valence-corrected chi connectivity index (χ4v) is 2.69. The minimum atomic E-state index is 0. The molecular weight excluding hydrogens is 259 g/mol. The third-order valence-corrected chi connectivity index (χ3v) is 3.78. The Balaban J connectivity index is 0.00000128. The second-order valence-corrected chi connectivity index (χ2v) is 5.00. The van der Waals surface area contributed by atoms with E-state index in [9.17, 15) is 0 Å². The minimum Gasteiger partial charge on any atom is -0.381 e. The van der Waals surface area contributed by atoms with Crippen LogP contribution in [0.3, 0.4) is 0 Å². The van der Waals surface area contributed by atoms with Crippen LogP contribution in [0.15, 0.2) is 0 Å². The Morgan fingerprint density at radius 2 is 1.88 bits per heavy atom. The van der Waals surface area contributed by atoms with E-state index in [1.54, 1.807) is 0 Å². The maximum Gasteiger partial charge on any atom is 0.0469 e. The summed E-state index contributed by atoms with van der Waals surface area (Å²) in [6.07, 6.45) is 5.21. The van der Waals surface area contributed by atoms with Crippen LogP contribution in [0, 0.1) is 5.92 Å². The largest absolute Gasteiger partial charge is 0.381 e. The maximum absolute atomic E-state index is 5.40. The number of likely N-dealkylation sites (N-methyl/N-ethyl adjacent to an activating group) is 1. The summed E-state index contributed by atoms with van der Waals surface area (Å²) in [5, 5.41) is 3.49. The van der Waals surface area contributed by atoms with Gasteiger partial charge in [0.1, 0.15) is 0 Å². The average Bonchev–Trinajstić information content (AvgIpc) is 2.31. The summed E-state index contributed by atoms with van der Waals surface area (Å²) in [5.41, 5.74) is 0. The van der Waals surface area contributed by atoms with Crippen LogP contribution >= 0.6 is 24.8 Å². The number of piperidine rings is 1. The summed E-state index contributed by atoms with van der Waals surface area (Å²) in [7, 11) is 2.28. The molecule has 2 saturated heterocycles. The van der Waals surface area contributed by atoms with Crippen LogP contribution in [0.5, 0.6) is 0 Å². The molecule has 2 heterocycles. The molecule has 0 amide bonds. The molecule has 0 bridgehead atoms. The molecule has 0 spiro atoms. The Morgan fingerprint density at radius 3 is 2.47 bits per heavy atom. The third kappa shape index (κ3) is 5.75. The molecule has 1 N–H and O–H groups in total. The zero-order valence-corrected chi connectivity index (χ0v) is 12.3. The number of halogens is 2. The van der Waals surface area contributed by atoms with E-state index in [-0.39, 0.29) is 24.8 Å². The first kappa shape index (κ1) is 17.5. The van der Waals surface area contributed by atoms with E-state index in [0.717, 1.165) is 25.2 Å². The molecular formula is C12H26Cl2N2O. The lowest BCUT2D eigenvalue weighted by Gasteiger charge is -2.35. The zero-order chi connectivity index (χ0) is 10.5. The second-order valence-electron chi connectivity index (χ2n) is 5.00. The van der Waals surface area contributed by atoms with Crippen LogP contribution in [0.2, 0.25) is 0 Å². The van der Waals surface area contributed by atoms with Crippen molar-refractivity contribution < 1.29 is 4.74 Å². The van der Waals surface area contributed by atoms with Crippen LogP contribution in [-0.2, 0) is 4.74 Å². The van der Waals surface area contributed by atoms with Gasteiger partial charge in [0.05, 0.1) is 0 Å². The Hall–Kier alpha value is 0.460. The molecule has 3 nitrogen and oxygen atoms in total. The van der Waals surface area contributed by atoms with Crippen LogP contribution in [0.25, 0.3) is 0 Å². The number of ether oxygens (including phenoxy) is 1. The Labute approximate surface area is 117 Å². The van der Waals surface area contributed by atoms with Crippen molar-refractivity contribution in [2.75, 3.05) is 39.9 Å². The average molecular weight is 285 g/mol. The lowest BCUT2D eigenvalue weighted by atomic mass is 9.98. The first-order chi connectivity index (χ1) is 7.36. The fourth-order valence-electron chi connectivity index (χ4n) is 2.69. The maximum atomic E-state index is 5.40. The van der Waals surface area contributed by atoms with Gasteiger partial charge >= 0.3 is 0 Å². The number of nitrogens with zero attached hydrogens (tertiary/aromatic N) is 1. The van der Waals surface area contributed by atoms with Gasteiger partial charge in [-0.25, -0.2) is 0 Å². The molecule has 0 aromatic rings. The lowest BCUT2D eigenvalue weighted by Crippen LogP contribution is -2.46. The summed E-state index contributed by atoms with van der Waals surface area (Å²) >= 11 is 0. The number of hydrogen-bond acceptors (Lipinski definition) is 3. The highest BCUT2D eigenvalue weighted by molar-refractivity contribution is 5.85. The van der Waals surface area contributed by atoms with E-state index in [0.29, 0.717) is 0 Å². The predicted molar refractivity (Wildman–Crippen MR) is 76.6 cm³/mol. The summed E-state index contributed by atoms with van der Waals surface area (Å²) in [4.78, 5) is 2.56. The summed E-state index contributed by atoms with van der Waals surface area (Å²) in [6.45, 7) is 5.60. The molecule has 0 aromatic heterocycles. The van der Waals surface area contributed by atoms with Crippen molar-refractivity contribution in [3.63, 3.8) is 0 Å². The SMILES string of the molecule is CN(CC1CCOCC1)C1CCCNC1.Cl.Cl. The molecule has 5 heteroatoms. The Kier molecular flexibility index (Phi) is 9.65. The standard InChI is InChI=1S/C12H24N2O.2ClH/c1-14(12-3-2-6-13-9-12)10-11-4-7-15-8-5-11;;/h11-13H,2-10H2,1H3;2*1H. The molecule has 0 aromatic carbocycles. The van der Waals surface area contributed by atoms with E-state index in [1.807, 2.05) is 0 Å². The molecule has 0 radical (unpaired) electrons. The monoisotopic (exact) mass is 284 g/mol.